The van der Waals surface area contributed by atoms with Crippen LogP contribution in [0.25, 0.3) is 0 Å². The van der Waals surface area contributed by atoms with Gasteiger partial charge in [0.15, 0.2) is 0 Å². The highest BCUT2D eigenvalue weighted by Gasteiger charge is 2.11. The zero-order chi connectivity index (χ0) is 10.0. The molecule has 1 aromatic rings. The first kappa shape index (κ1) is 9.99. The average Bonchev–Trinajstić information content (AvgIpc) is 2.07. The molecule has 0 heterocycles. The number of rotatable bonds is 2. The number of hydrogen-bond acceptors (Lipinski definition) is 2. The topological polar surface area (TPSA) is 29.5 Å². The lowest BCUT2D eigenvalue weighted by atomic mass is 10.1. The molecule has 2 nitrogen and oxygen atoms in total. The Morgan fingerprint density at radius 1 is 1.46 bits per heavy atom. The maximum atomic E-state index is 13.2. The molecule has 0 aliphatic heterocycles. The first-order chi connectivity index (χ1) is 6.06. The van der Waals surface area contributed by atoms with Gasteiger partial charge in [0, 0.05) is 11.6 Å². The van der Waals surface area contributed by atoms with Gasteiger partial charge in [-0.25, -0.2) is 4.39 Å². The highest BCUT2D eigenvalue weighted by molar-refractivity contribution is 5.37. The van der Waals surface area contributed by atoms with Gasteiger partial charge in [-0.3, -0.25) is 0 Å². The molecule has 1 unspecified atom stereocenters. The van der Waals surface area contributed by atoms with Crippen LogP contribution < -0.4 is 4.74 Å². The van der Waals surface area contributed by atoms with E-state index in [1.165, 1.54) is 20.1 Å². The van der Waals surface area contributed by atoms with Crippen molar-refractivity contribution in [3.8, 4) is 5.75 Å². The molecular weight excluding hydrogens is 171 g/mol. The van der Waals surface area contributed by atoms with E-state index in [4.69, 9.17) is 4.74 Å². The summed E-state index contributed by atoms with van der Waals surface area (Å²) < 4.78 is 18.2. The molecule has 0 saturated carbocycles. The highest BCUT2D eigenvalue weighted by atomic mass is 19.1. The van der Waals surface area contributed by atoms with Gasteiger partial charge in [0.25, 0.3) is 0 Å². The third kappa shape index (κ3) is 1.98. The summed E-state index contributed by atoms with van der Waals surface area (Å²) in [4.78, 5) is 0. The van der Waals surface area contributed by atoms with E-state index in [2.05, 4.69) is 0 Å². The third-order valence-electron chi connectivity index (χ3n) is 1.96. The fourth-order valence-electron chi connectivity index (χ4n) is 1.23. The molecular formula is C10H13FO2. The molecule has 0 aliphatic carbocycles. The summed E-state index contributed by atoms with van der Waals surface area (Å²) in [6.07, 6.45) is -0.787. The molecule has 1 atom stereocenters. The van der Waals surface area contributed by atoms with Crippen LogP contribution >= 0.6 is 0 Å². The Morgan fingerprint density at radius 2 is 2.08 bits per heavy atom. The fraction of sp³-hybridized carbons (Fsp3) is 0.400. The van der Waals surface area contributed by atoms with Gasteiger partial charge in [0.05, 0.1) is 13.2 Å². The maximum Gasteiger partial charge on any atom is 0.132 e. The second kappa shape index (κ2) is 3.75. The van der Waals surface area contributed by atoms with Gasteiger partial charge in [-0.1, -0.05) is 0 Å². The molecule has 0 amide bonds. The molecule has 1 N–H and O–H groups in total. The van der Waals surface area contributed by atoms with Crippen molar-refractivity contribution < 1.29 is 14.2 Å². The van der Waals surface area contributed by atoms with Crippen molar-refractivity contribution in [2.24, 2.45) is 0 Å². The Hall–Kier alpha value is -1.09. The Balaban J connectivity index is 3.20. The van der Waals surface area contributed by atoms with E-state index in [9.17, 15) is 9.50 Å². The summed E-state index contributed by atoms with van der Waals surface area (Å²) in [6.45, 7) is 3.34. The van der Waals surface area contributed by atoms with Crippen molar-refractivity contribution >= 4 is 0 Å². The predicted molar refractivity (Wildman–Crippen MR) is 48.3 cm³/mol. The lowest BCUT2D eigenvalue weighted by Crippen LogP contribution is -1.98. The summed E-state index contributed by atoms with van der Waals surface area (Å²) in [5.74, 6) is 0.0688. The van der Waals surface area contributed by atoms with Gasteiger partial charge < -0.3 is 9.84 Å². The Morgan fingerprint density at radius 3 is 2.54 bits per heavy atom. The summed E-state index contributed by atoms with van der Waals surface area (Å²) in [6, 6.07) is 2.89. The lowest BCUT2D eigenvalue weighted by molar-refractivity contribution is 0.194. The van der Waals surface area contributed by atoms with Crippen LogP contribution in [0, 0.1) is 12.7 Å². The zero-order valence-corrected chi connectivity index (χ0v) is 7.97. The second-order valence-electron chi connectivity index (χ2n) is 3.02. The van der Waals surface area contributed by atoms with Crippen LogP contribution in [0.4, 0.5) is 4.39 Å². The van der Waals surface area contributed by atoms with Crippen LogP contribution in [0.1, 0.15) is 24.2 Å². The van der Waals surface area contributed by atoms with Crippen LogP contribution in [-0.4, -0.2) is 12.2 Å². The Kier molecular flexibility index (Phi) is 2.88. The number of benzene rings is 1. The van der Waals surface area contributed by atoms with E-state index in [1.807, 2.05) is 6.92 Å². The molecule has 0 fully saturated rings. The van der Waals surface area contributed by atoms with Gasteiger partial charge in [-0.15, -0.1) is 0 Å². The van der Waals surface area contributed by atoms with Gasteiger partial charge >= 0.3 is 0 Å². The van der Waals surface area contributed by atoms with Gasteiger partial charge in [-0.2, -0.15) is 0 Å². The van der Waals surface area contributed by atoms with Gasteiger partial charge in [-0.05, 0) is 25.5 Å². The minimum Gasteiger partial charge on any atom is -0.496 e. The van der Waals surface area contributed by atoms with Crippen LogP contribution in [0.15, 0.2) is 12.1 Å². The summed E-state index contributed by atoms with van der Waals surface area (Å²) >= 11 is 0. The molecule has 0 saturated heterocycles. The molecule has 1 rings (SSSR count). The van der Waals surface area contributed by atoms with Crippen molar-refractivity contribution in [3.05, 3.63) is 29.1 Å². The Bertz CT molecular complexity index is 308. The number of halogens is 1. The number of aryl methyl sites for hydroxylation is 1. The molecule has 0 spiro atoms. The first-order valence-corrected chi connectivity index (χ1v) is 4.08. The summed E-state index contributed by atoms with van der Waals surface area (Å²) in [5, 5.41) is 9.21. The average molecular weight is 184 g/mol. The largest absolute Gasteiger partial charge is 0.496 e. The van der Waals surface area contributed by atoms with Crippen LogP contribution in [0.5, 0.6) is 5.75 Å². The van der Waals surface area contributed by atoms with Crippen LogP contribution in [0.3, 0.4) is 0 Å². The quantitative estimate of drug-likeness (QED) is 0.763. The monoisotopic (exact) mass is 184 g/mol. The molecule has 0 aliphatic rings. The number of ether oxygens (including phenoxy) is 1. The summed E-state index contributed by atoms with van der Waals surface area (Å²) in [5.41, 5.74) is 1.12. The number of aliphatic hydroxyl groups is 1. The van der Waals surface area contributed by atoms with E-state index < -0.39 is 11.9 Å². The van der Waals surface area contributed by atoms with E-state index >= 15 is 0 Å². The van der Waals surface area contributed by atoms with Gasteiger partial charge in [0.2, 0.25) is 0 Å². The van der Waals surface area contributed by atoms with E-state index in [-0.39, 0.29) is 0 Å². The fourth-order valence-corrected chi connectivity index (χ4v) is 1.23. The molecule has 1 aromatic carbocycles. The maximum absolute atomic E-state index is 13.2. The second-order valence-corrected chi connectivity index (χ2v) is 3.02. The molecule has 13 heavy (non-hydrogen) atoms. The highest BCUT2D eigenvalue weighted by Crippen LogP contribution is 2.25. The van der Waals surface area contributed by atoms with Gasteiger partial charge in [0.1, 0.15) is 11.6 Å². The van der Waals surface area contributed by atoms with Crippen molar-refractivity contribution in [2.75, 3.05) is 7.11 Å². The third-order valence-corrected chi connectivity index (χ3v) is 1.96. The minimum absolute atomic E-state index is 0.304. The van der Waals surface area contributed by atoms with E-state index in [0.29, 0.717) is 11.3 Å². The molecule has 3 heteroatoms. The van der Waals surface area contributed by atoms with E-state index in [0.717, 1.165) is 5.56 Å². The smallest absolute Gasteiger partial charge is 0.132 e. The van der Waals surface area contributed by atoms with Crippen molar-refractivity contribution in [2.45, 2.75) is 20.0 Å². The van der Waals surface area contributed by atoms with E-state index in [1.54, 1.807) is 6.07 Å². The molecule has 0 bridgehead atoms. The standard InChI is InChI=1S/C10H13FO2/c1-6-4-8(7(2)12)9(11)5-10(6)13-3/h4-5,7,12H,1-3H3. The lowest BCUT2D eigenvalue weighted by Gasteiger charge is -2.10. The number of aliphatic hydroxyl groups excluding tert-OH is 1. The first-order valence-electron chi connectivity index (χ1n) is 4.08. The zero-order valence-electron chi connectivity index (χ0n) is 7.97. The van der Waals surface area contributed by atoms with Crippen molar-refractivity contribution in [3.63, 3.8) is 0 Å². The molecule has 0 aromatic heterocycles. The normalized spacial score (nSPS) is 12.7. The SMILES string of the molecule is COc1cc(F)c(C(C)O)cc1C. The summed E-state index contributed by atoms with van der Waals surface area (Å²) in [7, 11) is 1.49. The number of hydrogen-bond donors (Lipinski definition) is 1. The molecule has 72 valence electrons. The predicted octanol–water partition coefficient (Wildman–Crippen LogP) is 2.20. The minimum atomic E-state index is -0.787. The Labute approximate surface area is 77.0 Å². The van der Waals surface area contributed by atoms with Crippen molar-refractivity contribution in [1.29, 1.82) is 0 Å². The van der Waals surface area contributed by atoms with Crippen molar-refractivity contribution in [1.82, 2.24) is 0 Å². The molecule has 0 radical (unpaired) electrons. The van der Waals surface area contributed by atoms with Crippen LogP contribution in [-0.2, 0) is 0 Å². The van der Waals surface area contributed by atoms with Crippen LogP contribution in [0.2, 0.25) is 0 Å². The number of methoxy groups -OCH3 is 1.